The Balaban J connectivity index is 2.63. The molecule has 0 aromatic carbocycles. The first-order valence-electron chi connectivity index (χ1n) is 3.30. The van der Waals surface area contributed by atoms with E-state index in [-0.39, 0.29) is 5.89 Å². The second-order valence-electron chi connectivity index (χ2n) is 2.76. The lowest BCUT2D eigenvalue weighted by molar-refractivity contribution is 0.0355. The van der Waals surface area contributed by atoms with Crippen LogP contribution in [0.3, 0.4) is 0 Å². The second-order valence-corrected chi connectivity index (χ2v) is 2.76. The smallest absolute Gasteiger partial charge is 0.311 e. The Morgan fingerprint density at radius 3 is 2.83 bits per heavy atom. The van der Waals surface area contributed by atoms with Crippen LogP contribution in [0.15, 0.2) is 10.8 Å². The fourth-order valence-electron chi connectivity index (χ4n) is 0.603. The molecule has 1 rings (SSSR count). The molecule has 1 heterocycles. The number of nitrogens with one attached hydrogen (secondary N) is 1. The summed E-state index contributed by atoms with van der Waals surface area (Å²) in [7, 11) is 0. The number of aliphatic hydroxyl groups is 1. The minimum atomic E-state index is -1.29. The topological polar surface area (TPSA) is 88.2 Å². The predicted octanol–water partition coefficient (Wildman–Crippen LogP) is -0.472. The molecule has 0 radical (unpaired) electrons. The molecule has 1 aromatic heterocycles. The molecule has 0 aliphatic carbocycles. The van der Waals surface area contributed by atoms with Crippen molar-refractivity contribution in [3.05, 3.63) is 12.3 Å². The van der Waals surface area contributed by atoms with Gasteiger partial charge in [-0.15, -0.1) is 10.2 Å². The predicted molar refractivity (Wildman–Crippen MR) is 38.1 cm³/mol. The highest BCUT2D eigenvalue weighted by molar-refractivity contribution is 5.89. The molecule has 0 bridgehead atoms. The number of amides is 1. The largest absolute Gasteiger partial charge is 0.420 e. The van der Waals surface area contributed by atoms with Gasteiger partial charge in [0.15, 0.2) is 0 Å². The van der Waals surface area contributed by atoms with Gasteiger partial charge in [-0.2, -0.15) is 0 Å². The van der Waals surface area contributed by atoms with Crippen molar-refractivity contribution in [3.8, 4) is 0 Å². The molecule has 6 heteroatoms. The maximum absolute atomic E-state index is 11.1. The van der Waals surface area contributed by atoms with Gasteiger partial charge in [-0.3, -0.25) is 4.79 Å². The molecule has 1 aromatic rings. The van der Waals surface area contributed by atoms with Crippen molar-refractivity contribution in [2.24, 2.45) is 0 Å². The van der Waals surface area contributed by atoms with Crippen LogP contribution < -0.4 is 5.32 Å². The lowest BCUT2D eigenvalue weighted by atomic mass is 10.3. The van der Waals surface area contributed by atoms with Crippen LogP contribution in [0.4, 0.5) is 0 Å². The average Bonchev–Trinajstić information content (AvgIpc) is 2.32. The summed E-state index contributed by atoms with van der Waals surface area (Å²) in [5.74, 6) is -0.767. The van der Waals surface area contributed by atoms with Gasteiger partial charge in [0.05, 0.1) is 0 Å². The molecule has 0 saturated carbocycles. The third-order valence-corrected chi connectivity index (χ3v) is 0.974. The van der Waals surface area contributed by atoms with E-state index in [0.29, 0.717) is 0 Å². The van der Waals surface area contributed by atoms with Crippen molar-refractivity contribution in [1.82, 2.24) is 15.5 Å². The zero-order valence-corrected chi connectivity index (χ0v) is 6.74. The summed E-state index contributed by atoms with van der Waals surface area (Å²) in [6.45, 7) is 2.86. The average molecular weight is 171 g/mol. The van der Waals surface area contributed by atoms with E-state index in [2.05, 4.69) is 19.9 Å². The van der Waals surface area contributed by atoms with Gasteiger partial charge in [-0.25, -0.2) is 0 Å². The maximum atomic E-state index is 11.1. The molecule has 66 valence electrons. The molecular formula is C6H9N3O3. The molecule has 0 fully saturated rings. The number of carbonyl (C=O) groups excluding carboxylic acids is 1. The number of hydrogen-bond donors (Lipinski definition) is 2. The summed E-state index contributed by atoms with van der Waals surface area (Å²) in [4.78, 5) is 11.1. The second kappa shape index (κ2) is 2.90. The fraction of sp³-hybridized carbons (Fsp3) is 0.500. The van der Waals surface area contributed by atoms with E-state index in [1.54, 1.807) is 0 Å². The Bertz CT molecular complexity index is 262. The molecule has 1 amide bonds. The molecule has 0 atom stereocenters. The van der Waals surface area contributed by atoms with E-state index in [9.17, 15) is 4.79 Å². The molecule has 0 aliphatic rings. The molecule has 0 aliphatic heterocycles. The molecule has 2 N–H and O–H groups in total. The summed E-state index contributed by atoms with van der Waals surface area (Å²) in [5.41, 5.74) is -1.29. The fourth-order valence-corrected chi connectivity index (χ4v) is 0.603. The van der Waals surface area contributed by atoms with E-state index >= 15 is 0 Å². The normalized spacial score (nSPS) is 11.2. The molecule has 0 spiro atoms. The van der Waals surface area contributed by atoms with Gasteiger partial charge in [0.1, 0.15) is 5.72 Å². The van der Waals surface area contributed by atoms with Gasteiger partial charge in [0.25, 0.3) is 0 Å². The van der Waals surface area contributed by atoms with Crippen LogP contribution in [0.1, 0.15) is 24.5 Å². The summed E-state index contributed by atoms with van der Waals surface area (Å²) < 4.78 is 4.60. The number of nitrogens with zero attached hydrogens (tertiary/aromatic N) is 2. The zero-order valence-electron chi connectivity index (χ0n) is 6.74. The standard InChI is InChI=1S/C6H9N3O3/c1-6(2,11)8-4(10)5-9-7-3-12-5/h3,11H,1-2H3,(H,8,10). The van der Waals surface area contributed by atoms with E-state index in [4.69, 9.17) is 5.11 Å². The molecular weight excluding hydrogens is 162 g/mol. The van der Waals surface area contributed by atoms with Gasteiger partial charge in [0, 0.05) is 0 Å². The molecule has 6 nitrogen and oxygen atoms in total. The Kier molecular flexibility index (Phi) is 2.09. The van der Waals surface area contributed by atoms with Crippen LogP contribution in [0, 0.1) is 0 Å². The Morgan fingerprint density at radius 2 is 2.42 bits per heavy atom. The van der Waals surface area contributed by atoms with Gasteiger partial charge in [-0.05, 0) is 13.8 Å². The lowest BCUT2D eigenvalue weighted by Crippen LogP contribution is -2.43. The van der Waals surface area contributed by atoms with Crippen molar-refractivity contribution in [2.45, 2.75) is 19.6 Å². The highest BCUT2D eigenvalue weighted by atomic mass is 16.4. The minimum Gasteiger partial charge on any atom is -0.420 e. The van der Waals surface area contributed by atoms with Crippen molar-refractivity contribution >= 4 is 5.91 Å². The van der Waals surface area contributed by atoms with Crippen LogP contribution >= 0.6 is 0 Å². The highest BCUT2D eigenvalue weighted by Gasteiger charge is 2.20. The minimum absolute atomic E-state index is 0.169. The third-order valence-electron chi connectivity index (χ3n) is 0.974. The Morgan fingerprint density at radius 1 is 1.75 bits per heavy atom. The number of rotatable bonds is 2. The molecule has 0 saturated heterocycles. The summed E-state index contributed by atoms with van der Waals surface area (Å²) in [6, 6.07) is 0. The monoisotopic (exact) mass is 171 g/mol. The first kappa shape index (κ1) is 8.66. The number of aromatic nitrogens is 2. The van der Waals surface area contributed by atoms with Crippen LogP contribution in [0.25, 0.3) is 0 Å². The van der Waals surface area contributed by atoms with E-state index in [1.807, 2.05) is 0 Å². The summed E-state index contributed by atoms with van der Waals surface area (Å²) in [6.07, 6.45) is 1.04. The third kappa shape index (κ3) is 2.31. The Hall–Kier alpha value is -1.43. The van der Waals surface area contributed by atoms with E-state index in [0.717, 1.165) is 6.39 Å². The van der Waals surface area contributed by atoms with Crippen LogP contribution in [0.5, 0.6) is 0 Å². The number of carbonyl (C=O) groups is 1. The van der Waals surface area contributed by atoms with Crippen molar-refractivity contribution < 1.29 is 14.3 Å². The highest BCUT2D eigenvalue weighted by Crippen LogP contribution is 1.98. The summed E-state index contributed by atoms with van der Waals surface area (Å²) in [5, 5.41) is 18.1. The number of hydrogen-bond acceptors (Lipinski definition) is 5. The van der Waals surface area contributed by atoms with Crippen LogP contribution in [-0.4, -0.2) is 26.9 Å². The van der Waals surface area contributed by atoms with Crippen molar-refractivity contribution in [1.29, 1.82) is 0 Å². The first-order chi connectivity index (χ1) is 5.49. The van der Waals surface area contributed by atoms with E-state index in [1.165, 1.54) is 13.8 Å². The van der Waals surface area contributed by atoms with Gasteiger partial charge >= 0.3 is 11.8 Å². The molecule has 12 heavy (non-hydrogen) atoms. The van der Waals surface area contributed by atoms with Gasteiger partial charge < -0.3 is 14.8 Å². The first-order valence-corrected chi connectivity index (χ1v) is 3.30. The summed E-state index contributed by atoms with van der Waals surface area (Å²) >= 11 is 0. The zero-order chi connectivity index (χ0) is 9.19. The maximum Gasteiger partial charge on any atom is 0.311 e. The van der Waals surface area contributed by atoms with Crippen LogP contribution in [0.2, 0.25) is 0 Å². The lowest BCUT2D eigenvalue weighted by Gasteiger charge is -2.17. The van der Waals surface area contributed by atoms with E-state index < -0.39 is 11.6 Å². The van der Waals surface area contributed by atoms with Crippen molar-refractivity contribution in [2.75, 3.05) is 0 Å². The van der Waals surface area contributed by atoms with Gasteiger partial charge in [0.2, 0.25) is 6.39 Å². The SMILES string of the molecule is CC(C)(O)NC(=O)c1nnco1. The van der Waals surface area contributed by atoms with Crippen molar-refractivity contribution in [3.63, 3.8) is 0 Å². The quantitative estimate of drug-likeness (QED) is 0.587. The molecule has 0 unspecified atom stereocenters. The van der Waals surface area contributed by atoms with Gasteiger partial charge in [-0.1, -0.05) is 0 Å². The van der Waals surface area contributed by atoms with Crippen LogP contribution in [-0.2, 0) is 0 Å². The Labute approximate surface area is 68.6 Å².